The maximum absolute atomic E-state index is 11.7. The van der Waals surface area contributed by atoms with E-state index in [-0.39, 0.29) is 20.0 Å². The molecule has 0 radical (unpaired) electrons. The van der Waals surface area contributed by atoms with Crippen LogP contribution in [-0.4, -0.2) is 33.3 Å². The van der Waals surface area contributed by atoms with E-state index in [1.165, 1.54) is 25.1 Å². The van der Waals surface area contributed by atoms with Crippen LogP contribution in [0.15, 0.2) is 21.5 Å². The van der Waals surface area contributed by atoms with Crippen molar-refractivity contribution < 1.29 is 13.2 Å². The first-order chi connectivity index (χ1) is 7.64. The number of amides is 1. The Morgan fingerprint density at radius 2 is 1.94 bits per heavy atom. The highest BCUT2D eigenvalue weighted by atomic mass is 79.9. The first-order valence-electron chi connectivity index (χ1n) is 4.38. The van der Waals surface area contributed by atoms with Crippen molar-refractivity contribution >= 4 is 43.5 Å². The van der Waals surface area contributed by atoms with Gasteiger partial charge < -0.3 is 4.90 Å². The average Bonchev–Trinajstić information content (AvgIpc) is 2.14. The second-order valence-electron chi connectivity index (χ2n) is 3.51. The molecule has 2 N–H and O–H groups in total. The third-order valence-electron chi connectivity index (χ3n) is 1.96. The Morgan fingerprint density at radius 1 is 1.41 bits per heavy atom. The lowest BCUT2D eigenvalue weighted by atomic mass is 10.2. The molecule has 0 saturated carbocycles. The molecule has 0 aliphatic heterocycles. The molecular weight excluding hydrogens is 332 g/mol. The van der Waals surface area contributed by atoms with Gasteiger partial charge in [0.05, 0.1) is 15.5 Å². The Kier molecular flexibility index (Phi) is 4.19. The molecular formula is C9H10BrClN2O3S. The van der Waals surface area contributed by atoms with Crippen LogP contribution in [0.1, 0.15) is 10.4 Å². The van der Waals surface area contributed by atoms with Gasteiger partial charge in [0.15, 0.2) is 0 Å². The Balaban J connectivity index is 3.50. The van der Waals surface area contributed by atoms with Gasteiger partial charge in [0.2, 0.25) is 10.0 Å². The molecule has 8 heteroatoms. The minimum Gasteiger partial charge on any atom is -0.345 e. The van der Waals surface area contributed by atoms with Crippen LogP contribution in [-0.2, 0) is 10.0 Å². The number of halogens is 2. The summed E-state index contributed by atoms with van der Waals surface area (Å²) in [6, 6.07) is 2.49. The van der Waals surface area contributed by atoms with E-state index in [2.05, 4.69) is 15.9 Å². The molecule has 0 fully saturated rings. The molecule has 5 nitrogen and oxygen atoms in total. The predicted octanol–water partition coefficient (Wildman–Crippen LogP) is 1.45. The molecule has 0 heterocycles. The van der Waals surface area contributed by atoms with E-state index in [1.54, 1.807) is 0 Å². The molecule has 0 aliphatic carbocycles. The highest BCUT2D eigenvalue weighted by Gasteiger charge is 2.20. The van der Waals surface area contributed by atoms with Crippen molar-refractivity contribution in [1.82, 2.24) is 4.90 Å². The normalized spacial score (nSPS) is 11.4. The smallest absolute Gasteiger partial charge is 0.254 e. The standard InChI is InChI=1S/C9H10BrClN2O3S/c1-13(2)9(14)5-3-8(17(12,15)16)6(10)4-7(5)11/h3-4H,1-2H3,(H2,12,15,16). The first kappa shape index (κ1) is 14.4. The van der Waals surface area contributed by atoms with E-state index in [4.69, 9.17) is 16.7 Å². The fourth-order valence-corrected chi connectivity index (χ4v) is 3.16. The molecule has 1 aromatic rings. The molecule has 0 unspecified atom stereocenters. The van der Waals surface area contributed by atoms with Crippen LogP contribution < -0.4 is 5.14 Å². The summed E-state index contributed by atoms with van der Waals surface area (Å²) in [5.74, 6) is -0.396. The maximum atomic E-state index is 11.7. The molecule has 94 valence electrons. The molecule has 0 aliphatic rings. The van der Waals surface area contributed by atoms with Gasteiger partial charge in [-0.25, -0.2) is 13.6 Å². The molecule has 17 heavy (non-hydrogen) atoms. The largest absolute Gasteiger partial charge is 0.345 e. The number of carbonyl (C=O) groups is 1. The van der Waals surface area contributed by atoms with Crippen molar-refractivity contribution in [2.45, 2.75) is 4.90 Å². The molecule has 0 spiro atoms. The fraction of sp³-hybridized carbons (Fsp3) is 0.222. The summed E-state index contributed by atoms with van der Waals surface area (Å²) in [5.41, 5.74) is 0.0869. The van der Waals surface area contributed by atoms with Gasteiger partial charge in [-0.2, -0.15) is 0 Å². The third kappa shape index (κ3) is 3.19. The van der Waals surface area contributed by atoms with Crippen molar-refractivity contribution in [2.75, 3.05) is 14.1 Å². The Bertz CT molecular complexity index is 572. The average molecular weight is 342 g/mol. The van der Waals surface area contributed by atoms with Crippen LogP contribution in [0.25, 0.3) is 0 Å². The zero-order chi connectivity index (χ0) is 13.4. The maximum Gasteiger partial charge on any atom is 0.254 e. The molecule has 1 aromatic carbocycles. The van der Waals surface area contributed by atoms with Crippen LogP contribution in [0.3, 0.4) is 0 Å². The quantitative estimate of drug-likeness (QED) is 0.884. The Labute approximate surface area is 113 Å². The van der Waals surface area contributed by atoms with E-state index >= 15 is 0 Å². The van der Waals surface area contributed by atoms with Crippen molar-refractivity contribution in [1.29, 1.82) is 0 Å². The molecule has 0 bridgehead atoms. The van der Waals surface area contributed by atoms with E-state index < -0.39 is 15.9 Å². The van der Waals surface area contributed by atoms with Crippen LogP contribution >= 0.6 is 27.5 Å². The lowest BCUT2D eigenvalue weighted by Gasteiger charge is -2.13. The summed E-state index contributed by atoms with van der Waals surface area (Å²) < 4.78 is 22.8. The topological polar surface area (TPSA) is 80.5 Å². The van der Waals surface area contributed by atoms with Gasteiger partial charge in [-0.3, -0.25) is 4.79 Å². The van der Waals surface area contributed by atoms with Gasteiger partial charge in [-0.05, 0) is 28.1 Å². The van der Waals surface area contributed by atoms with Gasteiger partial charge in [0.1, 0.15) is 0 Å². The number of hydrogen-bond donors (Lipinski definition) is 1. The monoisotopic (exact) mass is 340 g/mol. The lowest BCUT2D eigenvalue weighted by molar-refractivity contribution is 0.0827. The first-order valence-corrected chi connectivity index (χ1v) is 7.10. The van der Waals surface area contributed by atoms with Gasteiger partial charge >= 0.3 is 0 Å². The number of carbonyl (C=O) groups excluding carboxylic acids is 1. The van der Waals surface area contributed by atoms with Crippen molar-refractivity contribution in [3.05, 3.63) is 27.2 Å². The molecule has 0 atom stereocenters. The number of benzene rings is 1. The summed E-state index contributed by atoms with van der Waals surface area (Å²) in [6.07, 6.45) is 0. The zero-order valence-corrected chi connectivity index (χ0v) is 12.2. The third-order valence-corrected chi connectivity index (χ3v) is 4.15. The highest BCUT2D eigenvalue weighted by Crippen LogP contribution is 2.28. The number of nitrogens with two attached hydrogens (primary N) is 1. The minimum atomic E-state index is -3.91. The highest BCUT2D eigenvalue weighted by molar-refractivity contribution is 9.10. The van der Waals surface area contributed by atoms with Crippen LogP contribution in [0.2, 0.25) is 5.02 Å². The molecule has 0 saturated heterocycles. The van der Waals surface area contributed by atoms with Crippen LogP contribution in [0.5, 0.6) is 0 Å². The molecule has 1 rings (SSSR count). The van der Waals surface area contributed by atoms with E-state index in [9.17, 15) is 13.2 Å². The number of sulfonamides is 1. The Hall–Kier alpha value is -0.630. The molecule has 0 aromatic heterocycles. The number of nitrogens with zero attached hydrogens (tertiary/aromatic N) is 1. The van der Waals surface area contributed by atoms with Gasteiger partial charge in [0, 0.05) is 18.6 Å². The fourth-order valence-electron chi connectivity index (χ4n) is 1.15. The predicted molar refractivity (Wildman–Crippen MR) is 68.5 cm³/mol. The van der Waals surface area contributed by atoms with Crippen LogP contribution in [0, 0.1) is 0 Å². The van der Waals surface area contributed by atoms with Gasteiger partial charge in [0.25, 0.3) is 5.91 Å². The molecule has 1 amide bonds. The second kappa shape index (κ2) is 4.93. The van der Waals surface area contributed by atoms with Gasteiger partial charge in [-0.1, -0.05) is 11.6 Å². The SMILES string of the molecule is CN(C)C(=O)c1cc(S(N)(=O)=O)c(Br)cc1Cl. The summed E-state index contributed by atoms with van der Waals surface area (Å²) in [6.45, 7) is 0. The van der Waals surface area contributed by atoms with Gasteiger partial charge in [-0.15, -0.1) is 0 Å². The number of rotatable bonds is 2. The summed E-state index contributed by atoms with van der Waals surface area (Å²) >= 11 is 8.91. The van der Waals surface area contributed by atoms with Crippen molar-refractivity contribution in [3.8, 4) is 0 Å². The van der Waals surface area contributed by atoms with Crippen LogP contribution in [0.4, 0.5) is 0 Å². The second-order valence-corrected chi connectivity index (χ2v) is 6.30. The van der Waals surface area contributed by atoms with E-state index in [1.807, 2.05) is 0 Å². The van der Waals surface area contributed by atoms with Crippen molar-refractivity contribution in [3.63, 3.8) is 0 Å². The lowest BCUT2D eigenvalue weighted by Crippen LogP contribution is -2.23. The summed E-state index contributed by atoms with van der Waals surface area (Å²) in [7, 11) is -0.830. The zero-order valence-electron chi connectivity index (χ0n) is 9.07. The van der Waals surface area contributed by atoms with Crippen molar-refractivity contribution in [2.24, 2.45) is 5.14 Å². The van der Waals surface area contributed by atoms with E-state index in [0.717, 1.165) is 6.07 Å². The Morgan fingerprint density at radius 3 is 2.35 bits per heavy atom. The summed E-state index contributed by atoms with van der Waals surface area (Å²) in [5, 5.41) is 5.18. The number of hydrogen-bond acceptors (Lipinski definition) is 3. The minimum absolute atomic E-state index is 0.0869. The summed E-state index contributed by atoms with van der Waals surface area (Å²) in [4.78, 5) is 12.9. The van der Waals surface area contributed by atoms with E-state index in [0.29, 0.717) is 0 Å². The number of primary sulfonamides is 1.